The largest absolute Gasteiger partial charge is 0.489 e. The number of para-hydroxylation sites is 1. The summed E-state index contributed by atoms with van der Waals surface area (Å²) in [4.78, 5) is 52.5. The Bertz CT molecular complexity index is 1650. The molecule has 0 saturated heterocycles. The number of aryl methyl sites for hydroxylation is 1. The average Bonchev–Trinajstić information content (AvgIpc) is 3.10. The summed E-state index contributed by atoms with van der Waals surface area (Å²) in [5, 5.41) is 5.64. The highest BCUT2D eigenvalue weighted by Crippen LogP contribution is 2.19. The molecule has 0 aromatic heterocycles. The number of nitrogens with one attached hydrogen (secondary N) is 2. The van der Waals surface area contributed by atoms with E-state index in [-0.39, 0.29) is 25.4 Å². The van der Waals surface area contributed by atoms with Crippen molar-refractivity contribution >= 4 is 29.5 Å². The number of benzene rings is 4. The molecule has 2 atom stereocenters. The zero-order chi connectivity index (χ0) is 34.3. The Hall–Kier alpha value is -5.64. The van der Waals surface area contributed by atoms with Crippen molar-refractivity contribution in [2.75, 3.05) is 12.4 Å². The van der Waals surface area contributed by atoms with Gasteiger partial charge >= 0.3 is 6.09 Å². The smallest absolute Gasteiger partial charge is 0.410 e. The van der Waals surface area contributed by atoms with E-state index in [1.54, 1.807) is 19.1 Å². The first-order chi connectivity index (χ1) is 23.2. The zero-order valence-electron chi connectivity index (χ0n) is 27.3. The maximum atomic E-state index is 13.7. The molecule has 0 radical (unpaired) electrons. The van der Waals surface area contributed by atoms with Crippen LogP contribution in [0.25, 0.3) is 0 Å². The second kappa shape index (κ2) is 17.9. The van der Waals surface area contributed by atoms with Gasteiger partial charge in [-0.1, -0.05) is 91.0 Å². The molecule has 10 nitrogen and oxygen atoms in total. The monoisotopic (exact) mass is 650 g/mol. The van der Waals surface area contributed by atoms with Gasteiger partial charge in [0.2, 0.25) is 17.7 Å². The number of amides is 4. The summed E-state index contributed by atoms with van der Waals surface area (Å²) in [5.41, 5.74) is 9.34. The lowest BCUT2D eigenvalue weighted by molar-refractivity contribution is -0.129. The van der Waals surface area contributed by atoms with Gasteiger partial charge in [0, 0.05) is 25.6 Å². The molecule has 0 heterocycles. The summed E-state index contributed by atoms with van der Waals surface area (Å²) >= 11 is 0. The number of primary amides is 1. The molecule has 0 aliphatic rings. The Morgan fingerprint density at radius 1 is 0.750 bits per heavy atom. The molecule has 4 amide bonds. The van der Waals surface area contributed by atoms with Gasteiger partial charge in [0.05, 0.1) is 0 Å². The highest BCUT2D eigenvalue weighted by molar-refractivity contribution is 5.98. The van der Waals surface area contributed by atoms with E-state index in [0.717, 1.165) is 22.3 Å². The molecular formula is C38H42N4O6. The summed E-state index contributed by atoms with van der Waals surface area (Å²) in [7, 11) is 1.50. The number of hydrogen-bond acceptors (Lipinski definition) is 6. The topological polar surface area (TPSA) is 140 Å². The number of ether oxygens (including phenoxy) is 2. The summed E-state index contributed by atoms with van der Waals surface area (Å²) in [5.74, 6) is -0.669. The van der Waals surface area contributed by atoms with Crippen LogP contribution in [0.1, 0.15) is 42.0 Å². The third-order valence-electron chi connectivity index (χ3n) is 7.76. The van der Waals surface area contributed by atoms with Gasteiger partial charge in [-0.2, -0.15) is 0 Å². The second-order valence-corrected chi connectivity index (χ2v) is 11.5. The van der Waals surface area contributed by atoms with Crippen LogP contribution < -0.4 is 21.1 Å². The van der Waals surface area contributed by atoms with Gasteiger partial charge in [0.25, 0.3) is 0 Å². The lowest BCUT2D eigenvalue weighted by Crippen LogP contribution is -2.53. The number of rotatable bonds is 16. The predicted molar refractivity (Wildman–Crippen MR) is 184 cm³/mol. The molecule has 48 heavy (non-hydrogen) atoms. The summed E-state index contributed by atoms with van der Waals surface area (Å²) < 4.78 is 11.4. The van der Waals surface area contributed by atoms with Crippen molar-refractivity contribution in [3.63, 3.8) is 0 Å². The van der Waals surface area contributed by atoms with Gasteiger partial charge in [-0.05, 0) is 60.2 Å². The highest BCUT2D eigenvalue weighted by Gasteiger charge is 2.30. The van der Waals surface area contributed by atoms with Crippen molar-refractivity contribution in [1.82, 2.24) is 10.2 Å². The Morgan fingerprint density at radius 2 is 1.35 bits per heavy atom. The highest BCUT2D eigenvalue weighted by atomic mass is 16.6. The van der Waals surface area contributed by atoms with Crippen LogP contribution in [0.4, 0.5) is 10.5 Å². The fraction of sp³-hybridized carbons (Fsp3) is 0.263. The van der Waals surface area contributed by atoms with E-state index >= 15 is 0 Å². The first-order valence-electron chi connectivity index (χ1n) is 15.9. The Morgan fingerprint density at radius 3 is 2.00 bits per heavy atom. The maximum absolute atomic E-state index is 13.7. The summed E-state index contributed by atoms with van der Waals surface area (Å²) in [6.45, 7) is 2.04. The SMILES string of the molecule is C[C@@H](NC(=O)[C@H](Cc1ccc(OCc2ccccc2)cc1)N(C)C(=O)OCc1ccccc1)C(=O)Nc1ccccc1CCCC(N)=O. The van der Waals surface area contributed by atoms with Crippen LogP contribution >= 0.6 is 0 Å². The van der Waals surface area contributed by atoms with E-state index in [9.17, 15) is 19.2 Å². The van der Waals surface area contributed by atoms with Crippen molar-refractivity contribution < 1.29 is 28.7 Å². The zero-order valence-corrected chi connectivity index (χ0v) is 27.3. The average molecular weight is 651 g/mol. The van der Waals surface area contributed by atoms with Crippen molar-refractivity contribution in [2.45, 2.75) is 57.9 Å². The molecule has 0 saturated carbocycles. The molecule has 0 bridgehead atoms. The van der Waals surface area contributed by atoms with E-state index in [1.165, 1.54) is 11.9 Å². The van der Waals surface area contributed by atoms with Crippen LogP contribution in [0.3, 0.4) is 0 Å². The molecule has 0 fully saturated rings. The first kappa shape index (κ1) is 35.2. The first-order valence-corrected chi connectivity index (χ1v) is 15.9. The Labute approximate surface area is 281 Å². The van der Waals surface area contributed by atoms with Crippen molar-refractivity contribution in [1.29, 1.82) is 0 Å². The lowest BCUT2D eigenvalue weighted by Gasteiger charge is -2.28. The maximum Gasteiger partial charge on any atom is 0.410 e. The fourth-order valence-electron chi connectivity index (χ4n) is 4.97. The molecule has 4 N–H and O–H groups in total. The third-order valence-corrected chi connectivity index (χ3v) is 7.76. The van der Waals surface area contributed by atoms with Crippen molar-refractivity contribution in [3.8, 4) is 5.75 Å². The Balaban J connectivity index is 1.43. The van der Waals surface area contributed by atoms with Crippen LogP contribution in [0.2, 0.25) is 0 Å². The molecule has 0 spiro atoms. The number of likely N-dealkylation sites (N-methyl/N-ethyl adjacent to an activating group) is 1. The van der Waals surface area contributed by atoms with Gasteiger partial charge in [0.1, 0.15) is 31.0 Å². The van der Waals surface area contributed by atoms with Crippen LogP contribution in [0, 0.1) is 0 Å². The molecular weight excluding hydrogens is 608 g/mol. The summed E-state index contributed by atoms with van der Waals surface area (Å²) in [6.07, 6.45) is 0.820. The number of anilines is 1. The number of hydrogen-bond donors (Lipinski definition) is 3. The predicted octanol–water partition coefficient (Wildman–Crippen LogP) is 5.40. The molecule has 4 rings (SSSR count). The quantitative estimate of drug-likeness (QED) is 0.148. The van der Waals surface area contributed by atoms with Gasteiger partial charge in [-0.3, -0.25) is 19.3 Å². The molecule has 10 heteroatoms. The van der Waals surface area contributed by atoms with Gasteiger partial charge < -0.3 is 25.8 Å². The molecule has 0 aliphatic carbocycles. The molecule has 0 unspecified atom stereocenters. The van der Waals surface area contributed by atoms with Crippen molar-refractivity contribution in [3.05, 3.63) is 131 Å². The molecule has 4 aromatic rings. The standard InChI is InChI=1S/C38H42N4O6/c1-27(36(44)41-33-18-10-9-16-31(33)17-11-19-35(39)43)40-37(45)34(42(2)38(46)48-26-30-14-7-4-8-15-30)24-28-20-22-32(23-21-28)47-25-29-12-5-3-6-13-29/h3-10,12-16,18,20-23,27,34H,11,17,19,24-26H2,1-2H3,(H2,39,43)(H,40,45)(H,41,44)/t27-,34+/m1/s1. The van der Waals surface area contributed by atoms with Gasteiger partial charge in [0.15, 0.2) is 0 Å². The minimum atomic E-state index is -0.985. The fourth-order valence-corrected chi connectivity index (χ4v) is 4.97. The molecule has 0 aliphatic heterocycles. The number of nitrogens with two attached hydrogens (primary N) is 1. The Kier molecular flexibility index (Phi) is 13.1. The normalized spacial score (nSPS) is 11.9. The van der Waals surface area contributed by atoms with E-state index in [2.05, 4.69) is 10.6 Å². The van der Waals surface area contributed by atoms with Crippen LogP contribution in [-0.2, 0) is 45.2 Å². The minimum Gasteiger partial charge on any atom is -0.489 e. The van der Waals surface area contributed by atoms with Gasteiger partial charge in [-0.25, -0.2) is 4.79 Å². The van der Waals surface area contributed by atoms with E-state index in [4.69, 9.17) is 15.2 Å². The number of carbonyl (C=O) groups is 4. The summed E-state index contributed by atoms with van der Waals surface area (Å²) in [6, 6.07) is 31.7. The lowest BCUT2D eigenvalue weighted by atomic mass is 10.0. The molecule has 250 valence electrons. The van der Waals surface area contributed by atoms with E-state index in [0.29, 0.717) is 30.9 Å². The van der Waals surface area contributed by atoms with E-state index < -0.39 is 30.0 Å². The minimum absolute atomic E-state index is 0.0451. The third kappa shape index (κ3) is 11.0. The van der Waals surface area contributed by atoms with E-state index in [1.807, 2.05) is 97.1 Å². The van der Waals surface area contributed by atoms with Crippen molar-refractivity contribution in [2.24, 2.45) is 5.73 Å². The van der Waals surface area contributed by atoms with Crippen LogP contribution in [-0.4, -0.2) is 47.8 Å². The van der Waals surface area contributed by atoms with Crippen LogP contribution in [0.5, 0.6) is 5.75 Å². The number of nitrogens with zero attached hydrogens (tertiary/aromatic N) is 1. The molecule has 4 aromatic carbocycles. The second-order valence-electron chi connectivity index (χ2n) is 11.5. The number of carbonyl (C=O) groups excluding carboxylic acids is 4. The van der Waals surface area contributed by atoms with Gasteiger partial charge in [-0.15, -0.1) is 0 Å². The van der Waals surface area contributed by atoms with Crippen LogP contribution in [0.15, 0.2) is 109 Å².